The number of nitrogens with one attached hydrogen (secondary N) is 1. The molecule has 1 aromatic heterocycles. The maximum atomic E-state index is 13.1. The molecule has 0 bridgehead atoms. The lowest BCUT2D eigenvalue weighted by Gasteiger charge is -2.30. The molecular weight excluding hydrogens is 530 g/mol. The number of hydrogen-bond donors (Lipinski definition) is 2. The van der Waals surface area contributed by atoms with Crippen molar-refractivity contribution in [2.24, 2.45) is 5.92 Å². The molecule has 0 aliphatic carbocycles. The Morgan fingerprint density at radius 1 is 0.975 bits per heavy atom. The topological polar surface area (TPSA) is 112 Å². The zero-order chi connectivity index (χ0) is 29.1. The van der Waals surface area contributed by atoms with Crippen LogP contribution in [0.1, 0.15) is 30.0 Å². The van der Waals surface area contributed by atoms with E-state index in [0.29, 0.717) is 17.0 Å². The van der Waals surface area contributed by atoms with Crippen LogP contribution >= 0.6 is 0 Å². The molecule has 2 N–H and O–H groups in total. The van der Waals surface area contributed by atoms with E-state index in [-0.39, 0.29) is 17.6 Å². The summed E-state index contributed by atoms with van der Waals surface area (Å²) in [6, 6.07) is 19.1. The molecule has 1 amide bonds. The third-order valence-corrected chi connectivity index (χ3v) is 7.49. The monoisotopic (exact) mass is 563 g/mol. The van der Waals surface area contributed by atoms with E-state index < -0.39 is 23.3 Å². The highest BCUT2D eigenvalue weighted by atomic mass is 32.2. The number of nitrogens with zero attached hydrogens (tertiary/aromatic N) is 2. The van der Waals surface area contributed by atoms with Gasteiger partial charge in [-0.05, 0) is 60.4 Å². The van der Waals surface area contributed by atoms with Crippen molar-refractivity contribution in [2.75, 3.05) is 35.7 Å². The van der Waals surface area contributed by atoms with E-state index in [4.69, 9.17) is 9.15 Å². The van der Waals surface area contributed by atoms with Gasteiger partial charge in [-0.1, -0.05) is 44.2 Å². The minimum Gasteiger partial charge on any atom is -0.467 e. The van der Waals surface area contributed by atoms with Crippen molar-refractivity contribution in [3.63, 3.8) is 0 Å². The summed E-state index contributed by atoms with van der Waals surface area (Å²) in [4.78, 5) is 27.4. The second-order valence-electron chi connectivity index (χ2n) is 9.95. The third kappa shape index (κ3) is 5.73. The molecule has 3 aromatic carbocycles. The van der Waals surface area contributed by atoms with Gasteiger partial charge in [0.25, 0.3) is 17.2 Å². The fourth-order valence-corrected chi connectivity index (χ4v) is 5.54. The van der Waals surface area contributed by atoms with E-state index >= 15 is 0 Å². The molecule has 4 rings (SSSR count). The van der Waals surface area contributed by atoms with Crippen molar-refractivity contribution in [3.8, 4) is 11.1 Å². The lowest BCUT2D eigenvalue weighted by molar-refractivity contribution is -0.142. The summed E-state index contributed by atoms with van der Waals surface area (Å²) in [5.74, 6) is -0.918. The smallest absolute Gasteiger partial charge is 0.329 e. The zero-order valence-corrected chi connectivity index (χ0v) is 24.1. The van der Waals surface area contributed by atoms with Crippen LogP contribution in [0.3, 0.4) is 0 Å². The molecule has 2 atom stereocenters. The Labute approximate surface area is 236 Å². The summed E-state index contributed by atoms with van der Waals surface area (Å²) < 4.78 is 34.0. The Morgan fingerprint density at radius 3 is 2.10 bits per heavy atom. The standard InChI is InChI=1S/C30H33N3O6S/c1-18(2)27(30(35)38-6)33(40(36)37)23-16-12-21(13-17-23)20-10-14-22(15-11-20)31-29(34)28-19(3)26-24(32(4)5)8-7-9-25(26)39-28/h7-18,27H,1-6H3,(H,31,34)(H,36,37). The average molecular weight is 564 g/mol. The first kappa shape index (κ1) is 28.8. The van der Waals surface area contributed by atoms with Gasteiger partial charge in [0, 0.05) is 36.4 Å². The second-order valence-corrected chi connectivity index (χ2v) is 10.8. The number of ether oxygens (including phenoxy) is 1. The molecule has 0 saturated carbocycles. The Kier molecular flexibility index (Phi) is 8.61. The van der Waals surface area contributed by atoms with Crippen molar-refractivity contribution in [1.82, 2.24) is 0 Å². The van der Waals surface area contributed by atoms with Gasteiger partial charge >= 0.3 is 5.97 Å². The highest BCUT2D eigenvalue weighted by Crippen LogP contribution is 2.33. The highest BCUT2D eigenvalue weighted by molar-refractivity contribution is 7.80. The number of carbonyl (C=O) groups excluding carboxylic acids is 2. The van der Waals surface area contributed by atoms with Crippen molar-refractivity contribution in [1.29, 1.82) is 0 Å². The molecule has 0 aliphatic rings. The molecule has 0 saturated heterocycles. The number of amides is 1. The maximum Gasteiger partial charge on any atom is 0.329 e. The van der Waals surface area contributed by atoms with E-state index in [1.54, 1.807) is 50.2 Å². The first-order chi connectivity index (χ1) is 19.0. The Bertz CT molecular complexity index is 1540. The van der Waals surface area contributed by atoms with E-state index in [1.807, 2.05) is 56.3 Å². The average Bonchev–Trinajstić information content (AvgIpc) is 3.28. The predicted molar refractivity (Wildman–Crippen MR) is 159 cm³/mol. The van der Waals surface area contributed by atoms with Crippen LogP contribution in [-0.4, -0.2) is 47.9 Å². The molecule has 210 valence electrons. The first-order valence-electron chi connectivity index (χ1n) is 12.7. The van der Waals surface area contributed by atoms with Crippen LogP contribution < -0.4 is 14.5 Å². The third-order valence-electron chi connectivity index (χ3n) is 6.71. The van der Waals surface area contributed by atoms with Gasteiger partial charge in [0.05, 0.1) is 12.8 Å². The molecule has 1 heterocycles. The van der Waals surface area contributed by atoms with Crippen LogP contribution in [0.4, 0.5) is 17.1 Å². The van der Waals surface area contributed by atoms with Crippen molar-refractivity contribution >= 4 is 51.2 Å². The number of benzene rings is 3. The summed E-state index contributed by atoms with van der Waals surface area (Å²) in [6.45, 7) is 5.45. The van der Waals surface area contributed by atoms with Crippen LogP contribution in [-0.2, 0) is 20.8 Å². The molecule has 0 aliphatic heterocycles. The fourth-order valence-electron chi connectivity index (χ4n) is 4.71. The van der Waals surface area contributed by atoms with Crippen LogP contribution in [0, 0.1) is 12.8 Å². The van der Waals surface area contributed by atoms with Gasteiger partial charge < -0.3 is 19.4 Å². The molecule has 10 heteroatoms. The Hall–Kier alpha value is -4.15. The van der Waals surface area contributed by atoms with Gasteiger partial charge in [-0.3, -0.25) is 13.7 Å². The number of fused-ring (bicyclic) bond motifs is 1. The quantitative estimate of drug-likeness (QED) is 0.194. The largest absolute Gasteiger partial charge is 0.467 e. The molecule has 2 unspecified atom stereocenters. The summed E-state index contributed by atoms with van der Waals surface area (Å²) in [5, 5.41) is 3.81. The first-order valence-corrected chi connectivity index (χ1v) is 13.8. The van der Waals surface area contributed by atoms with Crippen molar-refractivity contribution < 1.29 is 27.5 Å². The van der Waals surface area contributed by atoms with Gasteiger partial charge in [-0.2, -0.15) is 0 Å². The summed E-state index contributed by atoms with van der Waals surface area (Å²) in [5.41, 5.74) is 5.17. The van der Waals surface area contributed by atoms with Crippen LogP contribution in [0.15, 0.2) is 71.1 Å². The Balaban J connectivity index is 1.53. The number of esters is 1. The molecular formula is C30H33N3O6S. The number of anilines is 3. The molecule has 4 aromatic rings. The van der Waals surface area contributed by atoms with Crippen LogP contribution in [0.25, 0.3) is 22.1 Å². The number of aryl methyl sites for hydroxylation is 1. The van der Waals surface area contributed by atoms with Crippen molar-refractivity contribution in [3.05, 3.63) is 78.1 Å². The minimum atomic E-state index is -2.43. The van der Waals surface area contributed by atoms with Crippen LogP contribution in [0.2, 0.25) is 0 Å². The van der Waals surface area contributed by atoms with E-state index in [0.717, 1.165) is 32.1 Å². The lowest BCUT2D eigenvalue weighted by atomic mass is 10.0. The van der Waals surface area contributed by atoms with Gasteiger partial charge in [0.15, 0.2) is 5.76 Å². The summed E-state index contributed by atoms with van der Waals surface area (Å²) >= 11 is -2.43. The minimum absolute atomic E-state index is 0.260. The number of carbonyl (C=O) groups is 2. The maximum absolute atomic E-state index is 13.1. The molecule has 0 radical (unpaired) electrons. The number of methoxy groups -OCH3 is 1. The van der Waals surface area contributed by atoms with E-state index in [2.05, 4.69) is 5.32 Å². The van der Waals surface area contributed by atoms with Gasteiger partial charge in [-0.25, -0.2) is 9.00 Å². The van der Waals surface area contributed by atoms with Crippen molar-refractivity contribution in [2.45, 2.75) is 26.8 Å². The number of furan rings is 1. The normalized spacial score (nSPS) is 12.7. The molecule has 40 heavy (non-hydrogen) atoms. The van der Waals surface area contributed by atoms with E-state index in [9.17, 15) is 18.4 Å². The predicted octanol–water partition coefficient (Wildman–Crippen LogP) is 5.87. The summed E-state index contributed by atoms with van der Waals surface area (Å²) in [6.07, 6.45) is 0. The number of rotatable bonds is 9. The van der Waals surface area contributed by atoms with Gasteiger partial charge in [0.1, 0.15) is 11.6 Å². The molecule has 0 spiro atoms. The summed E-state index contributed by atoms with van der Waals surface area (Å²) in [7, 11) is 5.15. The zero-order valence-electron chi connectivity index (χ0n) is 23.3. The van der Waals surface area contributed by atoms with E-state index in [1.165, 1.54) is 7.11 Å². The lowest BCUT2D eigenvalue weighted by Crippen LogP contribution is -2.46. The highest BCUT2D eigenvalue weighted by Gasteiger charge is 2.33. The number of hydrogen-bond acceptors (Lipinski definition) is 6. The fraction of sp³-hybridized carbons (Fsp3) is 0.267. The SMILES string of the molecule is COC(=O)C(C(C)C)N(c1ccc(-c2ccc(NC(=O)c3oc4cccc(N(C)C)c4c3C)cc2)cc1)S(=O)O. The Morgan fingerprint density at radius 2 is 1.57 bits per heavy atom. The van der Waals surface area contributed by atoms with Gasteiger partial charge in [0.2, 0.25) is 0 Å². The molecule has 0 fully saturated rings. The second kappa shape index (κ2) is 11.9. The van der Waals surface area contributed by atoms with Crippen LogP contribution in [0.5, 0.6) is 0 Å². The van der Waals surface area contributed by atoms with Gasteiger partial charge in [-0.15, -0.1) is 0 Å². The molecule has 9 nitrogen and oxygen atoms in total.